The molecule has 0 radical (unpaired) electrons. The molecule has 3 atom stereocenters. The monoisotopic (exact) mass is 270 g/mol. The molecule has 0 heterocycles. The van der Waals surface area contributed by atoms with Crippen molar-refractivity contribution in [3.63, 3.8) is 0 Å². The molecule has 106 valence electrons. The van der Waals surface area contributed by atoms with Crippen LogP contribution in [0.2, 0.25) is 0 Å². The highest BCUT2D eigenvalue weighted by Gasteiger charge is 2.67. The topological polar surface area (TPSA) is 26.3 Å². The van der Waals surface area contributed by atoms with E-state index in [0.717, 1.165) is 16.9 Å². The highest BCUT2D eigenvalue weighted by atomic mass is 16.5. The van der Waals surface area contributed by atoms with Crippen molar-refractivity contribution in [2.45, 2.75) is 27.2 Å². The van der Waals surface area contributed by atoms with Gasteiger partial charge in [0.25, 0.3) is 0 Å². The van der Waals surface area contributed by atoms with Crippen molar-refractivity contribution in [2.24, 2.45) is 23.2 Å². The van der Waals surface area contributed by atoms with Crippen molar-refractivity contribution < 1.29 is 9.53 Å². The number of hydrogen-bond donors (Lipinski definition) is 0. The van der Waals surface area contributed by atoms with Gasteiger partial charge in [-0.05, 0) is 42.0 Å². The Hall–Kier alpha value is -1.57. The van der Waals surface area contributed by atoms with Crippen LogP contribution in [0.25, 0.3) is 6.08 Å². The third-order valence-corrected chi connectivity index (χ3v) is 5.30. The first-order valence-corrected chi connectivity index (χ1v) is 7.41. The van der Waals surface area contributed by atoms with Crippen LogP contribution in [-0.2, 0) is 4.79 Å². The molecule has 2 aliphatic rings. The molecule has 0 N–H and O–H groups in total. The van der Waals surface area contributed by atoms with Crippen LogP contribution in [0.1, 0.15) is 32.8 Å². The van der Waals surface area contributed by atoms with Gasteiger partial charge < -0.3 is 4.74 Å². The molecule has 0 aliphatic heterocycles. The first-order chi connectivity index (χ1) is 9.50. The zero-order chi connectivity index (χ0) is 14.5. The van der Waals surface area contributed by atoms with Gasteiger partial charge in [0.05, 0.1) is 7.11 Å². The average Bonchev–Trinajstić information content (AvgIpc) is 3.16. The number of ketones is 1. The molecule has 0 amide bonds. The molecule has 3 rings (SSSR count). The van der Waals surface area contributed by atoms with Crippen LogP contribution in [0, 0.1) is 23.2 Å². The van der Waals surface area contributed by atoms with Gasteiger partial charge in [-0.25, -0.2) is 0 Å². The Kier molecular flexibility index (Phi) is 3.00. The fraction of sp³-hybridized carbons (Fsp3) is 0.500. The third kappa shape index (κ3) is 1.74. The lowest BCUT2D eigenvalue weighted by molar-refractivity contribution is -0.118. The molecule has 1 aromatic rings. The summed E-state index contributed by atoms with van der Waals surface area (Å²) in [6, 6.07) is 7.93. The van der Waals surface area contributed by atoms with E-state index in [1.807, 2.05) is 24.3 Å². The molecule has 2 nitrogen and oxygen atoms in total. The van der Waals surface area contributed by atoms with Crippen LogP contribution in [0.4, 0.5) is 0 Å². The quantitative estimate of drug-likeness (QED) is 0.777. The molecule has 2 saturated carbocycles. The molecule has 1 aromatic carbocycles. The van der Waals surface area contributed by atoms with Crippen LogP contribution in [-0.4, -0.2) is 12.9 Å². The standard InChI is InChI=1S/C18H22O2/c1-11(2)18-10-16(18)12(3)17(19)15(18)9-13-5-7-14(20-4)8-6-13/h5-9,11-12,16H,10H2,1-4H3. The molecule has 2 aliphatic carbocycles. The number of carbonyl (C=O) groups excluding carboxylic acids is 1. The highest BCUT2D eigenvalue weighted by Crippen LogP contribution is 2.71. The number of methoxy groups -OCH3 is 1. The van der Waals surface area contributed by atoms with Crippen molar-refractivity contribution in [3.8, 4) is 5.75 Å². The molecule has 0 aromatic heterocycles. The van der Waals surface area contributed by atoms with Crippen LogP contribution < -0.4 is 4.74 Å². The first-order valence-electron chi connectivity index (χ1n) is 7.41. The summed E-state index contributed by atoms with van der Waals surface area (Å²) in [6.45, 7) is 6.58. The Bertz CT molecular complexity index is 568. The normalized spacial score (nSPS) is 33.6. The van der Waals surface area contributed by atoms with Gasteiger partial charge in [-0.3, -0.25) is 4.79 Å². The number of benzene rings is 1. The van der Waals surface area contributed by atoms with Gasteiger partial charge in [-0.2, -0.15) is 0 Å². The largest absolute Gasteiger partial charge is 0.497 e. The fourth-order valence-corrected chi connectivity index (χ4v) is 3.94. The summed E-state index contributed by atoms with van der Waals surface area (Å²) >= 11 is 0. The van der Waals surface area contributed by atoms with E-state index in [-0.39, 0.29) is 11.3 Å². The van der Waals surface area contributed by atoms with Crippen LogP contribution in [0.5, 0.6) is 5.75 Å². The molecule has 2 heteroatoms. The summed E-state index contributed by atoms with van der Waals surface area (Å²) in [5, 5.41) is 0. The van der Waals surface area contributed by atoms with Crippen LogP contribution in [0.3, 0.4) is 0 Å². The molecular weight excluding hydrogens is 248 g/mol. The summed E-state index contributed by atoms with van der Waals surface area (Å²) in [4.78, 5) is 12.5. The first kappa shape index (κ1) is 13.4. The SMILES string of the molecule is COc1ccc(C=C2C(=O)C(C)C3CC23C(C)C)cc1. The van der Waals surface area contributed by atoms with Crippen molar-refractivity contribution in [1.29, 1.82) is 0 Å². The summed E-state index contributed by atoms with van der Waals surface area (Å²) in [7, 11) is 1.66. The summed E-state index contributed by atoms with van der Waals surface area (Å²) in [5.74, 6) is 2.50. The minimum Gasteiger partial charge on any atom is -0.497 e. The van der Waals surface area contributed by atoms with Crippen molar-refractivity contribution in [2.75, 3.05) is 7.11 Å². The van der Waals surface area contributed by atoms with E-state index in [4.69, 9.17) is 4.74 Å². The molecule has 20 heavy (non-hydrogen) atoms. The Balaban J connectivity index is 1.98. The van der Waals surface area contributed by atoms with E-state index >= 15 is 0 Å². The van der Waals surface area contributed by atoms with Gasteiger partial charge in [-0.1, -0.05) is 32.9 Å². The van der Waals surface area contributed by atoms with Gasteiger partial charge in [-0.15, -0.1) is 0 Å². The molecule has 3 unspecified atom stereocenters. The van der Waals surface area contributed by atoms with E-state index in [2.05, 4.69) is 26.8 Å². The lowest BCUT2D eigenvalue weighted by atomic mass is 9.84. The second-order valence-electron chi connectivity index (χ2n) is 6.49. The predicted octanol–water partition coefficient (Wildman–Crippen LogP) is 3.96. The van der Waals surface area contributed by atoms with E-state index in [9.17, 15) is 4.79 Å². The zero-order valence-corrected chi connectivity index (χ0v) is 12.6. The van der Waals surface area contributed by atoms with Crippen molar-refractivity contribution in [3.05, 3.63) is 35.4 Å². The number of ether oxygens (including phenoxy) is 1. The van der Waals surface area contributed by atoms with Crippen molar-refractivity contribution >= 4 is 11.9 Å². The second-order valence-corrected chi connectivity index (χ2v) is 6.49. The predicted molar refractivity (Wildman–Crippen MR) is 80.5 cm³/mol. The highest BCUT2D eigenvalue weighted by molar-refractivity contribution is 6.06. The summed E-state index contributed by atoms with van der Waals surface area (Å²) in [6.07, 6.45) is 3.28. The minimum absolute atomic E-state index is 0.149. The lowest BCUT2D eigenvalue weighted by Crippen LogP contribution is -2.15. The maximum absolute atomic E-state index is 12.5. The van der Waals surface area contributed by atoms with Gasteiger partial charge in [0, 0.05) is 16.9 Å². The number of fused-ring (bicyclic) bond motifs is 1. The summed E-state index contributed by atoms with van der Waals surface area (Å²) < 4.78 is 5.18. The molecule has 0 saturated heterocycles. The number of rotatable bonds is 3. The van der Waals surface area contributed by atoms with E-state index in [0.29, 0.717) is 17.6 Å². The van der Waals surface area contributed by atoms with Crippen LogP contribution in [0.15, 0.2) is 29.8 Å². The van der Waals surface area contributed by atoms with Gasteiger partial charge in [0.1, 0.15) is 5.75 Å². The minimum atomic E-state index is 0.149. The zero-order valence-electron chi connectivity index (χ0n) is 12.6. The Morgan fingerprint density at radius 3 is 2.50 bits per heavy atom. The molecule has 2 fully saturated rings. The second kappa shape index (κ2) is 4.47. The molecular formula is C18H22O2. The maximum Gasteiger partial charge on any atom is 0.162 e. The average molecular weight is 270 g/mol. The van der Waals surface area contributed by atoms with Crippen molar-refractivity contribution in [1.82, 2.24) is 0 Å². The number of carbonyl (C=O) groups is 1. The van der Waals surface area contributed by atoms with E-state index in [1.165, 1.54) is 6.42 Å². The number of Topliss-reactive ketones (excluding diaryl/α,β-unsaturated/α-hetero) is 1. The fourth-order valence-electron chi connectivity index (χ4n) is 3.94. The lowest BCUT2D eigenvalue weighted by Gasteiger charge is -2.19. The van der Waals surface area contributed by atoms with Crippen LogP contribution >= 0.6 is 0 Å². The molecule has 0 spiro atoms. The van der Waals surface area contributed by atoms with E-state index in [1.54, 1.807) is 7.11 Å². The van der Waals surface area contributed by atoms with E-state index < -0.39 is 0 Å². The van der Waals surface area contributed by atoms with Gasteiger partial charge >= 0.3 is 0 Å². The third-order valence-electron chi connectivity index (χ3n) is 5.30. The number of hydrogen-bond acceptors (Lipinski definition) is 2. The smallest absolute Gasteiger partial charge is 0.162 e. The Labute approximate surface area is 120 Å². The molecule has 0 bridgehead atoms. The van der Waals surface area contributed by atoms with Gasteiger partial charge in [0.2, 0.25) is 0 Å². The van der Waals surface area contributed by atoms with Gasteiger partial charge in [0.15, 0.2) is 5.78 Å². The summed E-state index contributed by atoms with van der Waals surface area (Å²) in [5.41, 5.74) is 2.29. The maximum atomic E-state index is 12.5. The Morgan fingerprint density at radius 1 is 1.30 bits per heavy atom. The number of allylic oxidation sites excluding steroid dienone is 1. The Morgan fingerprint density at radius 2 is 1.95 bits per heavy atom.